The standard InChI is InChI=1S/C27H30N4O2/c1-19-28-15-16-30(19)18-20-11-13-23(14-12-20)29-26(32)25-17-22-9-5-6-10-24(22)31(25)27(33)21-7-3-2-4-8-21/h2-4,7-8,11-16,22,24-25H,5-6,9-10,17-18H2,1H3,(H,29,32). The van der Waals surface area contributed by atoms with E-state index in [1.807, 2.05) is 72.6 Å². The van der Waals surface area contributed by atoms with Gasteiger partial charge in [0, 0.05) is 36.2 Å². The van der Waals surface area contributed by atoms with E-state index in [4.69, 9.17) is 0 Å². The van der Waals surface area contributed by atoms with Crippen LogP contribution in [0.25, 0.3) is 0 Å². The largest absolute Gasteiger partial charge is 0.331 e. The van der Waals surface area contributed by atoms with Gasteiger partial charge in [0.25, 0.3) is 5.91 Å². The first-order valence-electron chi connectivity index (χ1n) is 11.9. The molecule has 6 nitrogen and oxygen atoms in total. The highest BCUT2D eigenvalue weighted by Gasteiger charge is 2.47. The summed E-state index contributed by atoms with van der Waals surface area (Å²) in [6.07, 6.45) is 8.87. The Morgan fingerprint density at radius 1 is 1.03 bits per heavy atom. The number of aromatic nitrogens is 2. The highest BCUT2D eigenvalue weighted by molar-refractivity contribution is 6.01. The van der Waals surface area contributed by atoms with Crippen molar-refractivity contribution in [3.05, 3.63) is 83.9 Å². The molecule has 170 valence electrons. The lowest BCUT2D eigenvalue weighted by molar-refractivity contribution is -0.120. The van der Waals surface area contributed by atoms with Gasteiger partial charge in [-0.2, -0.15) is 0 Å². The average Bonchev–Trinajstić information content (AvgIpc) is 3.44. The van der Waals surface area contributed by atoms with Crippen molar-refractivity contribution in [2.45, 2.75) is 57.7 Å². The third-order valence-corrected chi connectivity index (χ3v) is 7.14. The Hall–Kier alpha value is -3.41. The number of rotatable bonds is 5. The number of imidazole rings is 1. The SMILES string of the molecule is Cc1nccn1Cc1ccc(NC(=O)C2CC3CCCCC3N2C(=O)c2ccccc2)cc1. The Kier molecular flexibility index (Phi) is 5.99. The summed E-state index contributed by atoms with van der Waals surface area (Å²) in [6, 6.07) is 17.0. The minimum Gasteiger partial charge on any atom is -0.331 e. The lowest BCUT2D eigenvalue weighted by Crippen LogP contribution is -2.47. The number of nitrogens with one attached hydrogen (secondary N) is 1. The van der Waals surface area contributed by atoms with Crippen LogP contribution in [0.2, 0.25) is 0 Å². The van der Waals surface area contributed by atoms with Crippen molar-refractivity contribution >= 4 is 17.5 Å². The summed E-state index contributed by atoms with van der Waals surface area (Å²) < 4.78 is 2.08. The van der Waals surface area contributed by atoms with Crippen LogP contribution in [0, 0.1) is 12.8 Å². The van der Waals surface area contributed by atoms with E-state index in [2.05, 4.69) is 14.9 Å². The van der Waals surface area contributed by atoms with Crippen LogP contribution < -0.4 is 5.32 Å². The number of carbonyl (C=O) groups excluding carboxylic acids is 2. The first-order valence-corrected chi connectivity index (χ1v) is 11.9. The molecule has 1 aromatic heterocycles. The fourth-order valence-corrected chi connectivity index (χ4v) is 5.40. The number of nitrogens with zero attached hydrogens (tertiary/aromatic N) is 3. The van der Waals surface area contributed by atoms with Gasteiger partial charge in [-0.05, 0) is 61.9 Å². The second kappa shape index (κ2) is 9.22. The first-order chi connectivity index (χ1) is 16.1. The lowest BCUT2D eigenvalue weighted by atomic mass is 9.84. The molecule has 1 aliphatic carbocycles. The zero-order chi connectivity index (χ0) is 22.8. The summed E-state index contributed by atoms with van der Waals surface area (Å²) in [5.41, 5.74) is 2.55. The summed E-state index contributed by atoms with van der Waals surface area (Å²) in [4.78, 5) is 32.9. The molecule has 33 heavy (non-hydrogen) atoms. The summed E-state index contributed by atoms with van der Waals surface area (Å²) in [6.45, 7) is 2.72. The van der Waals surface area contributed by atoms with Gasteiger partial charge in [0.05, 0.1) is 0 Å². The van der Waals surface area contributed by atoms with Crippen molar-refractivity contribution in [2.75, 3.05) is 5.32 Å². The van der Waals surface area contributed by atoms with E-state index in [1.54, 1.807) is 6.20 Å². The van der Waals surface area contributed by atoms with Crippen LogP contribution in [-0.2, 0) is 11.3 Å². The molecule has 3 unspecified atom stereocenters. The van der Waals surface area contributed by atoms with Gasteiger partial charge in [-0.1, -0.05) is 43.2 Å². The third-order valence-electron chi connectivity index (χ3n) is 7.14. The van der Waals surface area contributed by atoms with Gasteiger partial charge in [0.1, 0.15) is 11.9 Å². The second-order valence-electron chi connectivity index (χ2n) is 9.23. The van der Waals surface area contributed by atoms with E-state index in [0.717, 1.165) is 49.3 Å². The van der Waals surface area contributed by atoms with E-state index in [-0.39, 0.29) is 17.9 Å². The molecule has 2 fully saturated rings. The Morgan fingerprint density at radius 3 is 2.52 bits per heavy atom. The van der Waals surface area contributed by atoms with Crippen molar-refractivity contribution in [1.82, 2.24) is 14.5 Å². The molecule has 3 aromatic rings. The molecule has 1 aliphatic heterocycles. The molecule has 5 rings (SSSR count). The zero-order valence-corrected chi connectivity index (χ0v) is 19.0. The maximum absolute atomic E-state index is 13.4. The van der Waals surface area contributed by atoms with E-state index in [0.29, 0.717) is 11.5 Å². The average molecular weight is 443 g/mol. The van der Waals surface area contributed by atoms with Crippen molar-refractivity contribution in [3.8, 4) is 0 Å². The number of aryl methyl sites for hydroxylation is 1. The van der Waals surface area contributed by atoms with Crippen LogP contribution in [0.3, 0.4) is 0 Å². The van der Waals surface area contributed by atoms with E-state index < -0.39 is 6.04 Å². The smallest absolute Gasteiger partial charge is 0.254 e. The molecule has 0 spiro atoms. The molecule has 2 heterocycles. The highest BCUT2D eigenvalue weighted by atomic mass is 16.2. The van der Waals surface area contributed by atoms with Crippen LogP contribution in [0.4, 0.5) is 5.69 Å². The molecular weight excluding hydrogens is 412 g/mol. The highest BCUT2D eigenvalue weighted by Crippen LogP contribution is 2.40. The predicted molar refractivity (Wildman–Crippen MR) is 128 cm³/mol. The molecule has 2 aliphatic rings. The van der Waals surface area contributed by atoms with Crippen LogP contribution in [0.15, 0.2) is 67.0 Å². The van der Waals surface area contributed by atoms with Crippen molar-refractivity contribution < 1.29 is 9.59 Å². The molecule has 1 saturated heterocycles. The molecule has 1 N–H and O–H groups in total. The fourth-order valence-electron chi connectivity index (χ4n) is 5.40. The molecule has 6 heteroatoms. The minimum absolute atomic E-state index is 0.0313. The Balaban J connectivity index is 1.32. The predicted octanol–water partition coefficient (Wildman–Crippen LogP) is 4.65. The Bertz CT molecular complexity index is 1120. The number of fused-ring (bicyclic) bond motifs is 1. The number of anilines is 1. The summed E-state index contributed by atoms with van der Waals surface area (Å²) in [5, 5.41) is 3.08. The Morgan fingerprint density at radius 2 is 1.79 bits per heavy atom. The van der Waals surface area contributed by atoms with Gasteiger partial charge in [-0.15, -0.1) is 0 Å². The monoisotopic (exact) mass is 442 g/mol. The number of hydrogen-bond donors (Lipinski definition) is 1. The third kappa shape index (κ3) is 4.42. The van der Waals surface area contributed by atoms with E-state index >= 15 is 0 Å². The molecular formula is C27H30N4O2. The van der Waals surface area contributed by atoms with E-state index in [9.17, 15) is 9.59 Å². The topological polar surface area (TPSA) is 67.2 Å². The van der Waals surface area contributed by atoms with Gasteiger partial charge < -0.3 is 14.8 Å². The van der Waals surface area contributed by atoms with Crippen molar-refractivity contribution in [3.63, 3.8) is 0 Å². The number of likely N-dealkylation sites (tertiary alicyclic amines) is 1. The van der Waals surface area contributed by atoms with Gasteiger partial charge >= 0.3 is 0 Å². The van der Waals surface area contributed by atoms with Gasteiger partial charge in [-0.3, -0.25) is 9.59 Å². The number of amides is 2. The van der Waals surface area contributed by atoms with Crippen LogP contribution in [-0.4, -0.2) is 38.3 Å². The van der Waals surface area contributed by atoms with E-state index in [1.165, 1.54) is 6.42 Å². The molecule has 1 saturated carbocycles. The maximum atomic E-state index is 13.4. The molecule has 2 amide bonds. The quantitative estimate of drug-likeness (QED) is 0.625. The van der Waals surface area contributed by atoms with Gasteiger partial charge in [-0.25, -0.2) is 4.98 Å². The molecule has 3 atom stereocenters. The maximum Gasteiger partial charge on any atom is 0.254 e. The van der Waals surface area contributed by atoms with Gasteiger partial charge in [0.15, 0.2) is 0 Å². The molecule has 0 bridgehead atoms. The molecule has 0 radical (unpaired) electrons. The summed E-state index contributed by atoms with van der Waals surface area (Å²) >= 11 is 0. The number of benzene rings is 2. The zero-order valence-electron chi connectivity index (χ0n) is 19.0. The van der Waals surface area contributed by atoms with Crippen LogP contribution in [0.1, 0.15) is 53.8 Å². The lowest BCUT2D eigenvalue weighted by Gasteiger charge is -2.33. The van der Waals surface area contributed by atoms with Crippen LogP contribution in [0.5, 0.6) is 0 Å². The minimum atomic E-state index is -0.431. The second-order valence-corrected chi connectivity index (χ2v) is 9.23. The van der Waals surface area contributed by atoms with Crippen molar-refractivity contribution in [2.24, 2.45) is 5.92 Å². The van der Waals surface area contributed by atoms with Crippen molar-refractivity contribution in [1.29, 1.82) is 0 Å². The summed E-state index contributed by atoms with van der Waals surface area (Å²) in [5.74, 6) is 1.25. The fraction of sp³-hybridized carbons (Fsp3) is 0.370. The normalized spacial score (nSPS) is 22.1. The van der Waals surface area contributed by atoms with Gasteiger partial charge in [0.2, 0.25) is 5.91 Å². The molecule has 2 aromatic carbocycles. The number of hydrogen-bond acceptors (Lipinski definition) is 3. The van der Waals surface area contributed by atoms with Crippen LogP contribution >= 0.6 is 0 Å². The Labute approximate surface area is 194 Å². The first kappa shape index (κ1) is 21.4. The summed E-state index contributed by atoms with van der Waals surface area (Å²) in [7, 11) is 0. The number of carbonyl (C=O) groups is 2.